The SMILES string of the molecule is Cc1onc(-c2ccccc2)c1C(=O)NCCCCN1C[C@H](C)C[C@@H](C)C1. The molecule has 0 aliphatic carbocycles. The van der Waals surface area contributed by atoms with Gasteiger partial charge in [-0.1, -0.05) is 49.3 Å². The molecule has 0 radical (unpaired) electrons. The molecule has 0 saturated carbocycles. The summed E-state index contributed by atoms with van der Waals surface area (Å²) in [6.07, 6.45) is 3.43. The lowest BCUT2D eigenvalue weighted by Gasteiger charge is -2.34. The van der Waals surface area contributed by atoms with Crippen LogP contribution in [0, 0.1) is 18.8 Å². The minimum absolute atomic E-state index is 0.104. The highest BCUT2D eigenvalue weighted by atomic mass is 16.5. The van der Waals surface area contributed by atoms with Crippen molar-refractivity contribution in [2.24, 2.45) is 11.8 Å². The first-order valence-electron chi connectivity index (χ1n) is 10.1. The molecule has 5 nitrogen and oxygen atoms in total. The van der Waals surface area contributed by atoms with Crippen LogP contribution in [0.15, 0.2) is 34.9 Å². The number of unbranched alkanes of at least 4 members (excludes halogenated alkanes) is 1. The first-order valence-corrected chi connectivity index (χ1v) is 10.1. The van der Waals surface area contributed by atoms with Crippen molar-refractivity contribution < 1.29 is 9.32 Å². The van der Waals surface area contributed by atoms with E-state index in [9.17, 15) is 4.79 Å². The second-order valence-electron chi connectivity index (χ2n) is 8.00. The molecule has 2 atom stereocenters. The Morgan fingerprint density at radius 1 is 1.19 bits per heavy atom. The smallest absolute Gasteiger partial charge is 0.257 e. The molecule has 5 heteroatoms. The molecular weight excluding hydrogens is 338 g/mol. The van der Waals surface area contributed by atoms with Crippen LogP contribution in [0.3, 0.4) is 0 Å². The van der Waals surface area contributed by atoms with Crippen LogP contribution in [-0.4, -0.2) is 42.1 Å². The molecule has 1 aromatic heterocycles. The molecule has 0 spiro atoms. The van der Waals surface area contributed by atoms with Gasteiger partial charge in [-0.3, -0.25) is 4.79 Å². The molecule has 1 amide bonds. The quantitative estimate of drug-likeness (QED) is 0.745. The Balaban J connectivity index is 1.47. The van der Waals surface area contributed by atoms with Crippen LogP contribution in [0.25, 0.3) is 11.3 Å². The third kappa shape index (κ3) is 5.19. The van der Waals surface area contributed by atoms with Crippen molar-refractivity contribution in [2.75, 3.05) is 26.2 Å². The summed E-state index contributed by atoms with van der Waals surface area (Å²) in [5, 5.41) is 7.12. The number of amides is 1. The van der Waals surface area contributed by atoms with Crippen LogP contribution in [0.1, 0.15) is 49.2 Å². The number of carbonyl (C=O) groups excluding carboxylic acids is 1. The molecule has 0 bridgehead atoms. The first-order chi connectivity index (χ1) is 13.0. The molecule has 1 aliphatic heterocycles. The highest BCUT2D eigenvalue weighted by Crippen LogP contribution is 2.25. The number of benzene rings is 1. The highest BCUT2D eigenvalue weighted by Gasteiger charge is 2.22. The second kappa shape index (κ2) is 9.18. The summed E-state index contributed by atoms with van der Waals surface area (Å²) in [5.74, 6) is 2.04. The molecule has 1 aromatic carbocycles. The zero-order chi connectivity index (χ0) is 19.2. The van der Waals surface area contributed by atoms with Gasteiger partial charge in [0, 0.05) is 25.2 Å². The van der Waals surface area contributed by atoms with Gasteiger partial charge >= 0.3 is 0 Å². The van der Waals surface area contributed by atoms with Crippen molar-refractivity contribution in [3.63, 3.8) is 0 Å². The molecule has 2 heterocycles. The number of aromatic nitrogens is 1. The van der Waals surface area contributed by atoms with Gasteiger partial charge in [-0.25, -0.2) is 0 Å². The second-order valence-corrected chi connectivity index (χ2v) is 8.00. The van der Waals surface area contributed by atoms with E-state index < -0.39 is 0 Å². The Bertz CT molecular complexity index is 731. The molecule has 1 saturated heterocycles. The highest BCUT2D eigenvalue weighted by molar-refractivity contribution is 6.00. The minimum atomic E-state index is -0.104. The van der Waals surface area contributed by atoms with Gasteiger partial charge in [0.15, 0.2) is 0 Å². The van der Waals surface area contributed by atoms with Crippen LogP contribution >= 0.6 is 0 Å². The lowest BCUT2D eigenvalue weighted by molar-refractivity contribution is 0.0950. The van der Waals surface area contributed by atoms with Crippen molar-refractivity contribution in [1.82, 2.24) is 15.4 Å². The van der Waals surface area contributed by atoms with Crippen molar-refractivity contribution in [1.29, 1.82) is 0 Å². The molecule has 0 unspecified atom stereocenters. The summed E-state index contributed by atoms with van der Waals surface area (Å²) in [5.41, 5.74) is 2.05. The van der Waals surface area contributed by atoms with Crippen LogP contribution in [0.2, 0.25) is 0 Å². The van der Waals surface area contributed by atoms with E-state index >= 15 is 0 Å². The van der Waals surface area contributed by atoms with Gasteiger partial charge in [0.25, 0.3) is 5.91 Å². The molecule has 27 heavy (non-hydrogen) atoms. The van der Waals surface area contributed by atoms with E-state index in [-0.39, 0.29) is 5.91 Å². The topological polar surface area (TPSA) is 58.4 Å². The molecule has 1 N–H and O–H groups in total. The third-order valence-corrected chi connectivity index (χ3v) is 5.27. The zero-order valence-electron chi connectivity index (χ0n) is 16.7. The molecule has 1 aliphatic rings. The van der Waals surface area contributed by atoms with Gasteiger partial charge in [0.2, 0.25) is 0 Å². The van der Waals surface area contributed by atoms with E-state index in [1.807, 2.05) is 30.3 Å². The average molecular weight is 370 g/mol. The summed E-state index contributed by atoms with van der Waals surface area (Å²) >= 11 is 0. The number of nitrogens with one attached hydrogen (secondary N) is 1. The molecule has 1 fully saturated rings. The van der Waals surface area contributed by atoms with Crippen molar-refractivity contribution in [3.8, 4) is 11.3 Å². The van der Waals surface area contributed by atoms with E-state index in [0.29, 0.717) is 23.6 Å². The first kappa shape index (κ1) is 19.6. The fourth-order valence-corrected chi connectivity index (χ4v) is 4.16. The van der Waals surface area contributed by atoms with E-state index in [1.54, 1.807) is 6.92 Å². The summed E-state index contributed by atoms with van der Waals surface area (Å²) in [6.45, 7) is 10.7. The van der Waals surface area contributed by atoms with E-state index in [0.717, 1.165) is 36.8 Å². The summed E-state index contributed by atoms with van der Waals surface area (Å²) in [4.78, 5) is 15.2. The summed E-state index contributed by atoms with van der Waals surface area (Å²) in [6, 6.07) is 9.69. The van der Waals surface area contributed by atoms with Gasteiger partial charge in [0.05, 0.1) is 0 Å². The lowest BCUT2D eigenvalue weighted by atomic mass is 9.92. The van der Waals surface area contributed by atoms with Crippen LogP contribution in [0.4, 0.5) is 0 Å². The zero-order valence-corrected chi connectivity index (χ0v) is 16.7. The summed E-state index contributed by atoms with van der Waals surface area (Å²) in [7, 11) is 0. The Morgan fingerprint density at radius 2 is 1.89 bits per heavy atom. The van der Waals surface area contributed by atoms with E-state index in [2.05, 4.69) is 29.2 Å². The number of aryl methyl sites for hydroxylation is 1. The lowest BCUT2D eigenvalue weighted by Crippen LogP contribution is -2.39. The number of hydrogen-bond donors (Lipinski definition) is 1. The number of likely N-dealkylation sites (tertiary alicyclic amines) is 1. The Labute approximate surface area is 162 Å². The maximum absolute atomic E-state index is 12.7. The van der Waals surface area contributed by atoms with E-state index in [1.165, 1.54) is 19.5 Å². The standard InChI is InChI=1S/C22H31N3O2/c1-16-13-17(2)15-25(14-16)12-8-7-11-23-22(26)20-18(3)27-24-21(20)19-9-5-4-6-10-19/h4-6,9-10,16-17H,7-8,11-15H2,1-3H3,(H,23,26)/t16-,17-/m1/s1. The molecule has 3 rings (SSSR count). The van der Waals surface area contributed by atoms with Crippen molar-refractivity contribution in [3.05, 3.63) is 41.7 Å². The molecule has 146 valence electrons. The Morgan fingerprint density at radius 3 is 2.59 bits per heavy atom. The van der Waals surface area contributed by atoms with E-state index in [4.69, 9.17) is 4.52 Å². The van der Waals surface area contributed by atoms with Crippen molar-refractivity contribution in [2.45, 2.75) is 40.0 Å². The Kier molecular flexibility index (Phi) is 6.67. The Hall–Kier alpha value is -2.14. The average Bonchev–Trinajstić information content (AvgIpc) is 3.03. The van der Waals surface area contributed by atoms with Gasteiger partial charge in [-0.15, -0.1) is 0 Å². The summed E-state index contributed by atoms with van der Waals surface area (Å²) < 4.78 is 5.28. The number of rotatable bonds is 7. The predicted molar refractivity (Wildman–Crippen MR) is 108 cm³/mol. The molecule has 2 aromatic rings. The van der Waals surface area contributed by atoms with Crippen LogP contribution in [0.5, 0.6) is 0 Å². The number of nitrogens with zero attached hydrogens (tertiary/aromatic N) is 2. The maximum atomic E-state index is 12.7. The fraction of sp³-hybridized carbons (Fsp3) is 0.545. The van der Waals surface area contributed by atoms with Gasteiger partial charge < -0.3 is 14.7 Å². The largest absolute Gasteiger partial charge is 0.360 e. The van der Waals surface area contributed by atoms with Crippen LogP contribution in [-0.2, 0) is 0 Å². The van der Waals surface area contributed by atoms with Crippen LogP contribution < -0.4 is 5.32 Å². The number of piperidine rings is 1. The predicted octanol–water partition coefficient (Wildman–Crippen LogP) is 4.14. The fourth-order valence-electron chi connectivity index (χ4n) is 4.16. The minimum Gasteiger partial charge on any atom is -0.360 e. The van der Waals surface area contributed by atoms with Gasteiger partial charge in [-0.2, -0.15) is 0 Å². The van der Waals surface area contributed by atoms with Gasteiger partial charge in [0.1, 0.15) is 17.0 Å². The molecular formula is C22H31N3O2. The normalized spacial score (nSPS) is 20.6. The van der Waals surface area contributed by atoms with Crippen molar-refractivity contribution >= 4 is 5.91 Å². The van der Waals surface area contributed by atoms with Gasteiger partial charge in [-0.05, 0) is 44.6 Å². The monoisotopic (exact) mass is 369 g/mol. The maximum Gasteiger partial charge on any atom is 0.257 e. The third-order valence-electron chi connectivity index (χ3n) is 5.27. The number of carbonyl (C=O) groups is 1. The number of hydrogen-bond acceptors (Lipinski definition) is 4.